The van der Waals surface area contributed by atoms with Crippen LogP contribution in [0.2, 0.25) is 0 Å². The molecule has 5 heterocycles. The highest BCUT2D eigenvalue weighted by atomic mass is 32.2. The topological polar surface area (TPSA) is 90.0 Å². The molecule has 2 N–H and O–H groups in total. The van der Waals surface area contributed by atoms with Crippen molar-refractivity contribution < 1.29 is 28.9 Å². The summed E-state index contributed by atoms with van der Waals surface area (Å²) in [5.41, 5.74) is 3.15. The number of pyridine rings is 1. The summed E-state index contributed by atoms with van der Waals surface area (Å²) in [7, 11) is 0. The van der Waals surface area contributed by atoms with Crippen molar-refractivity contribution >= 4 is 45.4 Å². The molecule has 4 aromatic rings. The number of fused-ring (bicyclic) bond motifs is 2. The van der Waals surface area contributed by atoms with Crippen molar-refractivity contribution in [3.05, 3.63) is 89.1 Å². The predicted molar refractivity (Wildman–Crippen MR) is 148 cm³/mol. The Labute approximate surface area is 234 Å². The molecule has 1 saturated heterocycles. The van der Waals surface area contributed by atoms with Gasteiger partial charge in [0.2, 0.25) is 15.8 Å². The van der Waals surface area contributed by atoms with E-state index in [4.69, 9.17) is 0 Å². The Bertz CT molecular complexity index is 1610. The summed E-state index contributed by atoms with van der Waals surface area (Å²) >= 11 is 3.20. The van der Waals surface area contributed by atoms with Crippen LogP contribution in [0.5, 0.6) is 0 Å². The van der Waals surface area contributed by atoms with Gasteiger partial charge < -0.3 is 15.1 Å². The molecule has 2 aliphatic rings. The summed E-state index contributed by atoms with van der Waals surface area (Å²) in [5, 5.41) is 21.3. The summed E-state index contributed by atoms with van der Waals surface area (Å²) in [6, 6.07) is 14.4. The summed E-state index contributed by atoms with van der Waals surface area (Å²) in [6.45, 7) is 5.09. The quantitative estimate of drug-likeness (QED) is 0.196. The monoisotopic (exact) mass is 562 g/mol. The number of nitrogens with zero attached hydrogens (tertiary/aromatic N) is 4. The summed E-state index contributed by atoms with van der Waals surface area (Å²) in [4.78, 5) is 28.3. The summed E-state index contributed by atoms with van der Waals surface area (Å²) < 4.78 is 6.41. The van der Waals surface area contributed by atoms with Gasteiger partial charge in [0.15, 0.2) is 18.9 Å². The highest BCUT2D eigenvalue weighted by Gasteiger charge is 2.60. The van der Waals surface area contributed by atoms with Crippen molar-refractivity contribution in [1.29, 1.82) is 0 Å². The van der Waals surface area contributed by atoms with Gasteiger partial charge in [0, 0.05) is 29.2 Å². The number of hydrogen-bond donors (Lipinski definition) is 2. The number of amides is 1. The molecule has 8 nitrogen and oxygen atoms in total. The number of aliphatic carboxylic acids is 1. The van der Waals surface area contributed by atoms with E-state index in [-0.39, 0.29) is 23.6 Å². The van der Waals surface area contributed by atoms with Crippen molar-refractivity contribution in [3.63, 3.8) is 0 Å². The number of thioether (sulfide) groups is 1. The minimum atomic E-state index is -1.11. The SMILES string of the molecule is CSc1c2sc(C3=C(C(=O)O)N4C(=O)[C@H]([C@@H](C)O)[C@H]4[C@H]3C)cn2c[n+]1Cc1ccc(C[n+]2ccccc2)cc1. The average molecular weight is 563 g/mol. The number of carbonyl (C=O) groups excluding carboxylic acids is 1. The number of benzene rings is 1. The second-order valence-electron chi connectivity index (χ2n) is 10.2. The maximum atomic E-state index is 12.7. The largest absolute Gasteiger partial charge is 0.477 e. The number of rotatable bonds is 8. The summed E-state index contributed by atoms with van der Waals surface area (Å²) in [6.07, 6.45) is 9.37. The van der Waals surface area contributed by atoms with E-state index < -0.39 is 18.0 Å². The van der Waals surface area contributed by atoms with Crippen LogP contribution in [0.1, 0.15) is 29.9 Å². The molecular weight excluding hydrogens is 532 g/mol. The minimum Gasteiger partial charge on any atom is -0.477 e. The van der Waals surface area contributed by atoms with Gasteiger partial charge in [0.25, 0.3) is 6.33 Å². The number of carboxylic acids is 1. The van der Waals surface area contributed by atoms with Gasteiger partial charge in [-0.2, -0.15) is 4.40 Å². The molecule has 0 saturated carbocycles. The lowest BCUT2D eigenvalue weighted by atomic mass is 9.77. The van der Waals surface area contributed by atoms with Crippen molar-refractivity contribution in [3.8, 4) is 0 Å². The van der Waals surface area contributed by atoms with Crippen molar-refractivity contribution in [1.82, 2.24) is 9.30 Å². The smallest absolute Gasteiger partial charge is 0.352 e. The normalized spacial score (nSPS) is 21.4. The number of carboxylic acid groups (broad SMARTS) is 1. The highest BCUT2D eigenvalue weighted by molar-refractivity contribution is 7.98. The third-order valence-electron chi connectivity index (χ3n) is 7.76. The molecule has 0 bridgehead atoms. The van der Waals surface area contributed by atoms with Crippen LogP contribution < -0.4 is 9.13 Å². The zero-order valence-electron chi connectivity index (χ0n) is 21.9. The fraction of sp³-hybridized carbons (Fsp3) is 0.310. The van der Waals surface area contributed by atoms with Crippen molar-refractivity contribution in [2.75, 3.05) is 6.26 Å². The van der Waals surface area contributed by atoms with Crippen LogP contribution in [0, 0.1) is 11.8 Å². The van der Waals surface area contributed by atoms with Crippen LogP contribution in [0.25, 0.3) is 10.4 Å². The van der Waals surface area contributed by atoms with E-state index in [0.29, 0.717) is 5.57 Å². The van der Waals surface area contributed by atoms with Gasteiger partial charge >= 0.3 is 5.97 Å². The first kappa shape index (κ1) is 25.8. The second kappa shape index (κ2) is 9.93. The molecule has 2 aliphatic heterocycles. The number of aromatic nitrogens is 3. The van der Waals surface area contributed by atoms with E-state index in [1.54, 1.807) is 30.0 Å². The molecule has 4 atom stereocenters. The lowest BCUT2D eigenvalue weighted by Crippen LogP contribution is -2.63. The molecule has 1 aromatic carbocycles. The first-order valence-corrected chi connectivity index (χ1v) is 14.9. The summed E-state index contributed by atoms with van der Waals surface area (Å²) in [5.74, 6) is -2.17. The van der Waals surface area contributed by atoms with Gasteiger partial charge in [-0.25, -0.2) is 13.9 Å². The van der Waals surface area contributed by atoms with Crippen LogP contribution in [0.3, 0.4) is 0 Å². The maximum Gasteiger partial charge on any atom is 0.352 e. The van der Waals surface area contributed by atoms with Crippen LogP contribution in [-0.2, 0) is 22.7 Å². The van der Waals surface area contributed by atoms with Gasteiger partial charge in [-0.1, -0.05) is 60.4 Å². The van der Waals surface area contributed by atoms with Crippen molar-refractivity contribution in [2.45, 2.75) is 44.1 Å². The molecule has 0 aliphatic carbocycles. The Morgan fingerprint density at radius 3 is 2.41 bits per heavy atom. The molecule has 0 radical (unpaired) electrons. The van der Waals surface area contributed by atoms with Gasteiger partial charge in [0.05, 0.1) is 22.9 Å². The zero-order valence-corrected chi connectivity index (χ0v) is 23.5. The number of hydrogen-bond acceptors (Lipinski definition) is 5. The first-order valence-electron chi connectivity index (χ1n) is 12.9. The van der Waals surface area contributed by atoms with Crippen LogP contribution in [0.4, 0.5) is 0 Å². The third kappa shape index (κ3) is 4.27. The lowest BCUT2D eigenvalue weighted by molar-refractivity contribution is -0.721. The fourth-order valence-electron chi connectivity index (χ4n) is 5.97. The Kier molecular flexibility index (Phi) is 6.57. The van der Waals surface area contributed by atoms with E-state index in [9.17, 15) is 19.8 Å². The number of aliphatic hydroxyl groups excluding tert-OH is 1. The molecule has 39 heavy (non-hydrogen) atoms. The third-order valence-corrected chi connectivity index (χ3v) is 9.84. The first-order chi connectivity index (χ1) is 18.8. The molecule has 1 amide bonds. The Morgan fingerprint density at radius 2 is 1.79 bits per heavy atom. The standard InChI is InChI=1S/C29H29N4O4S2/c1-17-22(25(29(36)37)33-24(17)23(18(2)34)26(33)35)21-15-32-16-31(27(38-3)28(32)39-21)14-20-9-7-19(8-10-20)13-30-11-5-4-6-12-30/h4-12,15-18,23-24,34H,13-14H2,1-3H3/q+1/p+1/t17-,18+,23+,24+/m0/s1. The second-order valence-corrected chi connectivity index (χ2v) is 12.1. The lowest BCUT2D eigenvalue weighted by Gasteiger charge is -2.46. The molecule has 0 spiro atoms. The zero-order chi connectivity index (χ0) is 27.4. The number of imidazole rings is 1. The molecule has 0 unspecified atom stereocenters. The van der Waals surface area contributed by atoms with Crippen LogP contribution in [0.15, 0.2) is 78.1 Å². The highest BCUT2D eigenvalue weighted by Crippen LogP contribution is 2.51. The van der Waals surface area contributed by atoms with E-state index in [2.05, 4.69) is 50.2 Å². The van der Waals surface area contributed by atoms with Gasteiger partial charge in [-0.15, -0.1) is 0 Å². The van der Waals surface area contributed by atoms with E-state index in [1.807, 2.05) is 43.9 Å². The Balaban J connectivity index is 1.28. The average Bonchev–Trinajstić information content (AvgIpc) is 3.52. The Morgan fingerprint density at radius 1 is 1.13 bits per heavy atom. The van der Waals surface area contributed by atoms with E-state index >= 15 is 0 Å². The molecule has 6 rings (SSSR count). The van der Waals surface area contributed by atoms with Crippen LogP contribution in [-0.4, -0.2) is 49.8 Å². The molecule has 200 valence electrons. The Hall–Kier alpha value is -3.47. The number of thiazole rings is 1. The van der Waals surface area contributed by atoms with E-state index in [0.717, 1.165) is 27.8 Å². The van der Waals surface area contributed by atoms with Crippen LogP contribution >= 0.6 is 23.1 Å². The maximum absolute atomic E-state index is 12.7. The number of β-lactam (4-membered cyclic amide) rings is 1. The molecular formula is C29H30N4O4S2+2. The fourth-order valence-corrected chi connectivity index (χ4v) is 8.14. The van der Waals surface area contributed by atoms with E-state index in [1.165, 1.54) is 16.0 Å². The number of aliphatic hydroxyl groups is 1. The van der Waals surface area contributed by atoms with Gasteiger partial charge in [0.1, 0.15) is 18.4 Å². The minimum absolute atomic E-state index is 0.0474. The van der Waals surface area contributed by atoms with Crippen molar-refractivity contribution in [2.24, 2.45) is 11.8 Å². The van der Waals surface area contributed by atoms with Gasteiger partial charge in [-0.05, 0) is 18.7 Å². The molecule has 10 heteroatoms. The predicted octanol–water partition coefficient (Wildman–Crippen LogP) is 3.05. The van der Waals surface area contributed by atoms with Gasteiger partial charge in [-0.3, -0.25) is 4.79 Å². The molecule has 1 fully saturated rings. The molecule has 3 aromatic heterocycles. The number of carbonyl (C=O) groups is 2.